The fraction of sp³-hybridized carbons (Fsp3) is 0.188. The molecule has 4 nitrogen and oxygen atoms in total. The van der Waals surface area contributed by atoms with E-state index in [4.69, 9.17) is 0 Å². The Morgan fingerprint density at radius 3 is 2.91 bits per heavy atom. The van der Waals surface area contributed by atoms with Crippen LogP contribution in [0, 0.1) is 0 Å². The number of pyridine rings is 1. The van der Waals surface area contributed by atoms with E-state index in [1.54, 1.807) is 22.9 Å². The lowest BCUT2D eigenvalue weighted by Crippen LogP contribution is -2.33. The van der Waals surface area contributed by atoms with E-state index in [0.29, 0.717) is 18.7 Å². The normalized spacial score (nSPS) is 14.0. The van der Waals surface area contributed by atoms with Crippen molar-refractivity contribution >= 4 is 38.8 Å². The Kier molecular flexibility index (Phi) is 4.90. The van der Waals surface area contributed by atoms with Gasteiger partial charge in [-0.1, -0.05) is 30.0 Å². The molecule has 0 N–H and O–H groups in total. The van der Waals surface area contributed by atoms with E-state index in [1.165, 1.54) is 0 Å². The van der Waals surface area contributed by atoms with Gasteiger partial charge in [-0.15, -0.1) is 0 Å². The molecule has 0 aliphatic carbocycles. The van der Waals surface area contributed by atoms with Crippen LogP contribution in [-0.4, -0.2) is 34.0 Å². The molecule has 0 fully saturated rings. The Bertz CT molecular complexity index is 706. The van der Waals surface area contributed by atoms with E-state index in [9.17, 15) is 4.79 Å². The minimum absolute atomic E-state index is 0.0117. The summed E-state index contributed by atoms with van der Waals surface area (Å²) in [4.78, 5) is 23.0. The van der Waals surface area contributed by atoms with Crippen LogP contribution in [0.15, 0.2) is 58.3 Å². The predicted octanol–water partition coefficient (Wildman–Crippen LogP) is 3.59. The second kappa shape index (κ2) is 7.07. The van der Waals surface area contributed by atoms with Gasteiger partial charge < -0.3 is 0 Å². The van der Waals surface area contributed by atoms with E-state index >= 15 is 0 Å². The summed E-state index contributed by atoms with van der Waals surface area (Å²) in [5, 5.41) is 0.782. The summed E-state index contributed by atoms with van der Waals surface area (Å²) >= 11 is 5.01. The van der Waals surface area contributed by atoms with E-state index in [2.05, 4.69) is 25.9 Å². The molecule has 1 aromatic carbocycles. The fourth-order valence-corrected chi connectivity index (χ4v) is 3.58. The molecule has 0 radical (unpaired) electrons. The van der Waals surface area contributed by atoms with E-state index in [1.807, 2.05) is 42.6 Å². The first-order chi connectivity index (χ1) is 10.8. The smallest absolute Gasteiger partial charge is 0.261 e. The number of halogens is 1. The zero-order chi connectivity index (χ0) is 15.4. The van der Waals surface area contributed by atoms with Gasteiger partial charge >= 0.3 is 0 Å². The first-order valence-electron chi connectivity index (χ1n) is 6.88. The van der Waals surface area contributed by atoms with Crippen LogP contribution >= 0.6 is 27.7 Å². The minimum atomic E-state index is -0.0117. The van der Waals surface area contributed by atoms with Gasteiger partial charge in [0.15, 0.2) is 5.17 Å². The molecule has 22 heavy (non-hydrogen) atoms. The van der Waals surface area contributed by atoms with Gasteiger partial charge in [0.25, 0.3) is 5.91 Å². The summed E-state index contributed by atoms with van der Waals surface area (Å²) in [6, 6.07) is 11.4. The lowest BCUT2D eigenvalue weighted by Gasteiger charge is -2.18. The van der Waals surface area contributed by atoms with Crippen LogP contribution < -0.4 is 0 Å². The summed E-state index contributed by atoms with van der Waals surface area (Å²) in [6.07, 6.45) is 3.59. The number of hydrogen-bond donors (Lipinski definition) is 0. The lowest BCUT2D eigenvalue weighted by atomic mass is 10.2. The minimum Gasteiger partial charge on any atom is -0.286 e. The van der Waals surface area contributed by atoms with Crippen molar-refractivity contribution in [1.29, 1.82) is 0 Å². The summed E-state index contributed by atoms with van der Waals surface area (Å²) < 4.78 is 0.809. The van der Waals surface area contributed by atoms with Crippen LogP contribution in [-0.2, 0) is 5.75 Å². The number of amides is 1. The van der Waals surface area contributed by atoms with Crippen molar-refractivity contribution in [2.24, 2.45) is 4.99 Å². The quantitative estimate of drug-likeness (QED) is 0.823. The van der Waals surface area contributed by atoms with Gasteiger partial charge in [-0.05, 0) is 39.7 Å². The first kappa shape index (κ1) is 15.2. The van der Waals surface area contributed by atoms with Crippen molar-refractivity contribution in [2.75, 3.05) is 13.1 Å². The molecule has 2 heterocycles. The molecule has 2 aromatic rings. The lowest BCUT2D eigenvalue weighted by molar-refractivity contribution is 0.0860. The average Bonchev–Trinajstić information content (AvgIpc) is 3.02. The third-order valence-electron chi connectivity index (χ3n) is 3.24. The topological polar surface area (TPSA) is 45.6 Å². The molecule has 0 spiro atoms. The maximum atomic E-state index is 12.7. The second-order valence-electron chi connectivity index (χ2n) is 4.75. The van der Waals surface area contributed by atoms with Crippen molar-refractivity contribution in [1.82, 2.24) is 9.88 Å². The molecule has 112 valence electrons. The molecule has 0 saturated heterocycles. The molecule has 1 aliphatic rings. The molecule has 6 heteroatoms. The zero-order valence-corrected chi connectivity index (χ0v) is 14.2. The highest BCUT2D eigenvalue weighted by atomic mass is 79.9. The highest BCUT2D eigenvalue weighted by Crippen LogP contribution is 2.24. The van der Waals surface area contributed by atoms with E-state index < -0.39 is 0 Å². The maximum absolute atomic E-state index is 12.7. The van der Waals surface area contributed by atoms with Crippen LogP contribution in [0.5, 0.6) is 0 Å². The Balaban J connectivity index is 1.70. The number of carbonyl (C=O) groups is 1. The molecule has 0 unspecified atom stereocenters. The second-order valence-corrected chi connectivity index (χ2v) is 6.55. The Labute approximate surface area is 141 Å². The summed E-state index contributed by atoms with van der Waals surface area (Å²) in [5.74, 6) is 0.745. The number of hydrogen-bond acceptors (Lipinski definition) is 4. The summed E-state index contributed by atoms with van der Waals surface area (Å²) in [5.41, 5.74) is 1.79. The molecular formula is C16H14BrN3OS. The number of amidine groups is 1. The molecule has 1 amide bonds. The van der Waals surface area contributed by atoms with E-state index in [0.717, 1.165) is 21.0 Å². The van der Waals surface area contributed by atoms with Crippen LogP contribution in [0.4, 0.5) is 0 Å². The Hall–Kier alpha value is -1.66. The number of rotatable bonds is 3. The van der Waals surface area contributed by atoms with Crippen molar-refractivity contribution in [3.63, 3.8) is 0 Å². The third-order valence-corrected chi connectivity index (χ3v) is 5.02. The van der Waals surface area contributed by atoms with Gasteiger partial charge in [0.1, 0.15) is 0 Å². The maximum Gasteiger partial charge on any atom is 0.261 e. The largest absolute Gasteiger partial charge is 0.286 e. The molecule has 1 aliphatic heterocycles. The van der Waals surface area contributed by atoms with Crippen molar-refractivity contribution in [3.8, 4) is 0 Å². The van der Waals surface area contributed by atoms with Crippen molar-refractivity contribution in [2.45, 2.75) is 5.75 Å². The molecule has 1 aromatic heterocycles. The first-order valence-corrected chi connectivity index (χ1v) is 8.66. The molecule has 3 rings (SSSR count). The molecule has 0 bridgehead atoms. The van der Waals surface area contributed by atoms with Gasteiger partial charge in [-0.25, -0.2) is 0 Å². The summed E-state index contributed by atoms with van der Waals surface area (Å²) in [7, 11) is 0. The van der Waals surface area contributed by atoms with Crippen LogP contribution in [0.3, 0.4) is 0 Å². The van der Waals surface area contributed by atoms with Gasteiger partial charge in [0, 0.05) is 29.2 Å². The Morgan fingerprint density at radius 2 is 2.14 bits per heavy atom. The number of thioether (sulfide) groups is 1. The third kappa shape index (κ3) is 3.39. The highest BCUT2D eigenvalue weighted by molar-refractivity contribution is 9.10. The van der Waals surface area contributed by atoms with Crippen molar-refractivity contribution < 1.29 is 4.79 Å². The van der Waals surface area contributed by atoms with Crippen LogP contribution in [0.1, 0.15) is 15.9 Å². The number of nitrogens with zero attached hydrogens (tertiary/aromatic N) is 3. The number of benzene rings is 1. The zero-order valence-electron chi connectivity index (χ0n) is 11.8. The van der Waals surface area contributed by atoms with Crippen molar-refractivity contribution in [3.05, 3.63) is 64.4 Å². The van der Waals surface area contributed by atoms with Gasteiger partial charge in [-0.2, -0.15) is 0 Å². The standard InChI is InChI=1S/C16H14BrN3OS/c17-14-6-2-1-5-13(14)15(21)20-9-8-19-16(20)22-11-12-4-3-7-18-10-12/h1-7,10H,8-9,11H2. The molecule has 0 saturated carbocycles. The van der Waals surface area contributed by atoms with E-state index in [-0.39, 0.29) is 5.91 Å². The van der Waals surface area contributed by atoms with Gasteiger partial charge in [0.05, 0.1) is 12.1 Å². The average molecular weight is 376 g/mol. The number of aliphatic imine (C=N–C) groups is 1. The summed E-state index contributed by atoms with van der Waals surface area (Å²) in [6.45, 7) is 1.29. The molecule has 0 atom stereocenters. The monoisotopic (exact) mass is 375 g/mol. The number of carbonyl (C=O) groups excluding carboxylic acids is 1. The Morgan fingerprint density at radius 1 is 1.27 bits per heavy atom. The number of aromatic nitrogens is 1. The SMILES string of the molecule is O=C(c1ccccc1Br)N1CCN=C1SCc1cccnc1. The van der Waals surface area contributed by atoms with Crippen LogP contribution in [0.2, 0.25) is 0 Å². The van der Waals surface area contributed by atoms with Gasteiger partial charge in [0.2, 0.25) is 0 Å². The molecular weight excluding hydrogens is 362 g/mol. The predicted molar refractivity (Wildman–Crippen MR) is 93.0 cm³/mol. The van der Waals surface area contributed by atoms with Gasteiger partial charge in [-0.3, -0.25) is 19.7 Å². The highest BCUT2D eigenvalue weighted by Gasteiger charge is 2.26. The van der Waals surface area contributed by atoms with Crippen LogP contribution in [0.25, 0.3) is 0 Å². The fourth-order valence-electron chi connectivity index (χ4n) is 2.15.